The number of alkyl halides is 2. The first-order valence-corrected chi connectivity index (χ1v) is 4.68. The average molecular weight is 180 g/mol. The molecule has 59 valence electrons. The van der Waals surface area contributed by atoms with Gasteiger partial charge in [-0.3, -0.25) is 0 Å². The minimum absolute atomic E-state index is 0.183. The Morgan fingerprint density at radius 1 is 1.20 bits per heavy atom. The Morgan fingerprint density at radius 3 is 2.40 bits per heavy atom. The van der Waals surface area contributed by atoms with Gasteiger partial charge in [0.25, 0.3) is 0 Å². The minimum atomic E-state index is 0.183. The third kappa shape index (κ3) is 2.03. The highest BCUT2D eigenvalue weighted by Crippen LogP contribution is 2.32. The molecule has 1 aliphatic rings. The Morgan fingerprint density at radius 2 is 1.90 bits per heavy atom. The van der Waals surface area contributed by atoms with Crippen LogP contribution in [0, 0.1) is 12.8 Å². The van der Waals surface area contributed by atoms with Crippen LogP contribution in [0.4, 0.5) is 0 Å². The third-order valence-corrected chi connectivity index (χ3v) is 3.34. The van der Waals surface area contributed by atoms with E-state index in [0.717, 1.165) is 25.2 Å². The summed E-state index contributed by atoms with van der Waals surface area (Å²) in [7, 11) is 0. The van der Waals surface area contributed by atoms with E-state index >= 15 is 0 Å². The van der Waals surface area contributed by atoms with E-state index in [1.807, 2.05) is 0 Å². The summed E-state index contributed by atoms with van der Waals surface area (Å²) in [5.41, 5.74) is 0. The first-order valence-electron chi connectivity index (χ1n) is 3.81. The molecule has 1 fully saturated rings. The molecule has 3 unspecified atom stereocenters. The molecule has 1 aliphatic carbocycles. The van der Waals surface area contributed by atoms with Crippen LogP contribution >= 0.6 is 23.2 Å². The third-order valence-electron chi connectivity index (χ3n) is 2.21. The average Bonchev–Trinajstić information content (AvgIpc) is 1.95. The lowest BCUT2D eigenvalue weighted by Gasteiger charge is -2.28. The molecule has 0 bridgehead atoms. The van der Waals surface area contributed by atoms with Crippen LogP contribution in [0.15, 0.2) is 0 Å². The standard InChI is InChI=1S/C8H13Cl2/c1-2-6-3-4-7(9)8(10)5-6/h6-8H,1-5H2. The number of hydrogen-bond acceptors (Lipinski definition) is 0. The van der Waals surface area contributed by atoms with Crippen LogP contribution in [-0.4, -0.2) is 10.8 Å². The zero-order chi connectivity index (χ0) is 7.56. The predicted molar refractivity (Wildman–Crippen MR) is 46.6 cm³/mol. The van der Waals surface area contributed by atoms with Crippen molar-refractivity contribution in [2.45, 2.75) is 36.4 Å². The molecule has 0 aromatic rings. The topological polar surface area (TPSA) is 0 Å². The summed E-state index contributed by atoms with van der Waals surface area (Å²) < 4.78 is 0. The number of hydrogen-bond donors (Lipinski definition) is 0. The van der Waals surface area contributed by atoms with Crippen molar-refractivity contribution in [2.24, 2.45) is 5.92 Å². The second-order valence-electron chi connectivity index (χ2n) is 3.00. The molecule has 2 heteroatoms. The van der Waals surface area contributed by atoms with E-state index in [0.29, 0.717) is 0 Å². The van der Waals surface area contributed by atoms with Crippen molar-refractivity contribution in [3.63, 3.8) is 0 Å². The van der Waals surface area contributed by atoms with Gasteiger partial charge in [0.05, 0.1) is 5.38 Å². The van der Waals surface area contributed by atoms with Crippen LogP contribution in [0.2, 0.25) is 0 Å². The van der Waals surface area contributed by atoms with Gasteiger partial charge < -0.3 is 0 Å². The molecule has 1 saturated carbocycles. The highest BCUT2D eigenvalue weighted by molar-refractivity contribution is 6.30. The Bertz CT molecular complexity index is 103. The zero-order valence-corrected chi connectivity index (χ0v) is 7.54. The monoisotopic (exact) mass is 179 g/mol. The molecule has 0 amide bonds. The van der Waals surface area contributed by atoms with E-state index in [1.165, 1.54) is 6.42 Å². The van der Waals surface area contributed by atoms with Gasteiger partial charge in [0, 0.05) is 5.38 Å². The fourth-order valence-corrected chi connectivity index (χ4v) is 2.03. The van der Waals surface area contributed by atoms with Gasteiger partial charge in [-0.25, -0.2) is 0 Å². The van der Waals surface area contributed by atoms with E-state index in [2.05, 4.69) is 6.92 Å². The molecule has 0 heterocycles. The fraction of sp³-hybridized carbons (Fsp3) is 0.875. The van der Waals surface area contributed by atoms with Crippen molar-refractivity contribution < 1.29 is 0 Å². The smallest absolute Gasteiger partial charge is 0.0502 e. The van der Waals surface area contributed by atoms with Crippen molar-refractivity contribution in [2.75, 3.05) is 0 Å². The second kappa shape index (κ2) is 3.82. The van der Waals surface area contributed by atoms with Crippen LogP contribution in [0.5, 0.6) is 0 Å². The largest absolute Gasteiger partial charge is 0.121 e. The van der Waals surface area contributed by atoms with Gasteiger partial charge in [-0.1, -0.05) is 13.3 Å². The molecule has 1 radical (unpaired) electrons. The van der Waals surface area contributed by atoms with Gasteiger partial charge in [0.2, 0.25) is 0 Å². The molecule has 0 aromatic heterocycles. The fourth-order valence-electron chi connectivity index (χ4n) is 1.42. The Kier molecular flexibility index (Phi) is 3.32. The van der Waals surface area contributed by atoms with Gasteiger partial charge in [-0.2, -0.15) is 0 Å². The van der Waals surface area contributed by atoms with Crippen molar-refractivity contribution >= 4 is 23.2 Å². The molecule has 0 aromatic carbocycles. The Hall–Kier alpha value is 0.580. The van der Waals surface area contributed by atoms with Gasteiger partial charge in [-0.05, 0) is 25.2 Å². The molecule has 0 nitrogen and oxygen atoms in total. The van der Waals surface area contributed by atoms with Gasteiger partial charge >= 0.3 is 0 Å². The second-order valence-corrected chi connectivity index (χ2v) is 4.12. The summed E-state index contributed by atoms with van der Waals surface area (Å²) in [5.74, 6) is 0.720. The minimum Gasteiger partial charge on any atom is -0.121 e. The van der Waals surface area contributed by atoms with Gasteiger partial charge in [0.15, 0.2) is 0 Å². The predicted octanol–water partition coefficient (Wildman–Crippen LogP) is 3.23. The first-order chi connectivity index (χ1) is 4.74. The summed E-state index contributed by atoms with van der Waals surface area (Å²) >= 11 is 11.9. The molecule has 0 saturated heterocycles. The highest BCUT2D eigenvalue weighted by Gasteiger charge is 2.26. The number of rotatable bonds is 1. The van der Waals surface area contributed by atoms with Crippen LogP contribution in [0.25, 0.3) is 0 Å². The normalized spacial score (nSPS) is 41.7. The van der Waals surface area contributed by atoms with Crippen molar-refractivity contribution in [1.82, 2.24) is 0 Å². The lowest BCUT2D eigenvalue weighted by atomic mass is 9.87. The Balaban J connectivity index is 2.33. The van der Waals surface area contributed by atoms with Crippen LogP contribution in [0.1, 0.15) is 25.7 Å². The van der Waals surface area contributed by atoms with Crippen molar-refractivity contribution in [3.8, 4) is 0 Å². The molecule has 10 heavy (non-hydrogen) atoms. The molecule has 3 atom stereocenters. The van der Waals surface area contributed by atoms with Gasteiger partial charge in [0.1, 0.15) is 0 Å². The quantitative estimate of drug-likeness (QED) is 0.543. The highest BCUT2D eigenvalue weighted by atomic mass is 35.5. The first kappa shape index (κ1) is 8.67. The lowest BCUT2D eigenvalue weighted by molar-refractivity contribution is 0.369. The molecular formula is C8H13Cl2. The van der Waals surface area contributed by atoms with Crippen LogP contribution in [0.3, 0.4) is 0 Å². The zero-order valence-electron chi connectivity index (χ0n) is 6.02. The SMILES string of the molecule is [CH2]CC1CCC(Cl)C(Cl)C1. The molecule has 0 N–H and O–H groups in total. The summed E-state index contributed by atoms with van der Waals surface area (Å²) in [5, 5.41) is 0.381. The van der Waals surface area contributed by atoms with E-state index in [4.69, 9.17) is 23.2 Å². The molecule has 0 aliphatic heterocycles. The van der Waals surface area contributed by atoms with Crippen molar-refractivity contribution in [3.05, 3.63) is 6.92 Å². The van der Waals surface area contributed by atoms with Crippen molar-refractivity contribution in [1.29, 1.82) is 0 Å². The molecule has 1 rings (SSSR count). The van der Waals surface area contributed by atoms with E-state index in [9.17, 15) is 0 Å². The van der Waals surface area contributed by atoms with E-state index in [-0.39, 0.29) is 10.8 Å². The van der Waals surface area contributed by atoms with Crippen LogP contribution in [-0.2, 0) is 0 Å². The maximum atomic E-state index is 5.98. The van der Waals surface area contributed by atoms with E-state index in [1.54, 1.807) is 0 Å². The van der Waals surface area contributed by atoms with Crippen LogP contribution < -0.4 is 0 Å². The Labute approximate surface area is 72.9 Å². The summed E-state index contributed by atoms with van der Waals surface area (Å²) in [6.07, 6.45) is 4.34. The maximum Gasteiger partial charge on any atom is 0.0502 e. The molecule has 0 spiro atoms. The summed E-state index contributed by atoms with van der Waals surface area (Å²) in [4.78, 5) is 0. The summed E-state index contributed by atoms with van der Waals surface area (Å²) in [6.45, 7) is 3.87. The van der Waals surface area contributed by atoms with Gasteiger partial charge in [-0.15, -0.1) is 23.2 Å². The number of halogens is 2. The summed E-state index contributed by atoms with van der Waals surface area (Å²) in [6, 6.07) is 0. The van der Waals surface area contributed by atoms with E-state index < -0.39 is 0 Å². The lowest BCUT2D eigenvalue weighted by Crippen LogP contribution is -2.25. The maximum absolute atomic E-state index is 5.98. The molecular weight excluding hydrogens is 167 g/mol.